The SMILES string of the molecule is O=C1C[C@]2(C(=O)Nc3ccccc32)c2cnn(-c3cccc(Cl)c3)c2N1. The molecule has 0 aliphatic carbocycles. The van der Waals surface area contributed by atoms with Crippen LogP contribution < -0.4 is 10.6 Å². The van der Waals surface area contributed by atoms with E-state index < -0.39 is 5.41 Å². The molecule has 0 bridgehead atoms. The average Bonchev–Trinajstić information content (AvgIpc) is 3.16. The molecule has 26 heavy (non-hydrogen) atoms. The summed E-state index contributed by atoms with van der Waals surface area (Å²) in [7, 11) is 0. The Bertz CT molecular complexity index is 1090. The van der Waals surface area contributed by atoms with Gasteiger partial charge in [-0.15, -0.1) is 0 Å². The number of amides is 2. The minimum absolute atomic E-state index is 0.0457. The normalized spacial score (nSPS) is 20.5. The fourth-order valence-electron chi connectivity index (χ4n) is 3.86. The molecule has 1 atom stereocenters. The zero-order chi connectivity index (χ0) is 17.9. The number of nitrogens with one attached hydrogen (secondary N) is 2. The van der Waals surface area contributed by atoms with Crippen molar-refractivity contribution in [3.05, 3.63) is 70.9 Å². The molecule has 0 fully saturated rings. The smallest absolute Gasteiger partial charge is 0.240 e. The third kappa shape index (κ3) is 1.90. The van der Waals surface area contributed by atoms with Crippen molar-refractivity contribution in [3.63, 3.8) is 0 Å². The van der Waals surface area contributed by atoms with E-state index >= 15 is 0 Å². The Balaban J connectivity index is 1.77. The molecule has 1 aromatic heterocycles. The van der Waals surface area contributed by atoms with Gasteiger partial charge in [0.05, 0.1) is 11.9 Å². The highest BCUT2D eigenvalue weighted by Crippen LogP contribution is 2.49. The minimum Gasteiger partial charge on any atom is -0.325 e. The molecule has 2 aromatic carbocycles. The second kappa shape index (κ2) is 5.19. The van der Waals surface area contributed by atoms with Gasteiger partial charge in [-0.25, -0.2) is 4.68 Å². The summed E-state index contributed by atoms with van der Waals surface area (Å²) in [6, 6.07) is 14.6. The van der Waals surface area contributed by atoms with Crippen LogP contribution in [0.4, 0.5) is 11.5 Å². The third-order valence-electron chi connectivity index (χ3n) is 4.99. The molecule has 0 saturated carbocycles. The van der Waals surface area contributed by atoms with Gasteiger partial charge in [0.25, 0.3) is 0 Å². The molecule has 5 rings (SSSR count). The number of nitrogens with zero attached hydrogens (tertiary/aromatic N) is 2. The van der Waals surface area contributed by atoms with Gasteiger partial charge in [0.15, 0.2) is 0 Å². The van der Waals surface area contributed by atoms with Crippen LogP contribution in [0.15, 0.2) is 54.7 Å². The van der Waals surface area contributed by atoms with E-state index in [1.54, 1.807) is 23.0 Å². The number of carbonyl (C=O) groups excluding carboxylic acids is 2. The van der Waals surface area contributed by atoms with Gasteiger partial charge in [-0.1, -0.05) is 35.9 Å². The van der Waals surface area contributed by atoms with Gasteiger partial charge < -0.3 is 10.6 Å². The summed E-state index contributed by atoms with van der Waals surface area (Å²) in [6.45, 7) is 0. The van der Waals surface area contributed by atoms with E-state index in [0.717, 1.165) is 11.3 Å². The van der Waals surface area contributed by atoms with E-state index in [1.165, 1.54) is 0 Å². The molecule has 7 heteroatoms. The lowest BCUT2D eigenvalue weighted by molar-refractivity contribution is -0.125. The van der Waals surface area contributed by atoms with Crippen LogP contribution in [0.1, 0.15) is 17.5 Å². The van der Waals surface area contributed by atoms with Crippen LogP contribution in [0.3, 0.4) is 0 Å². The Morgan fingerprint density at radius 3 is 2.73 bits per heavy atom. The van der Waals surface area contributed by atoms with Gasteiger partial charge >= 0.3 is 0 Å². The molecule has 3 heterocycles. The van der Waals surface area contributed by atoms with E-state index in [0.29, 0.717) is 22.1 Å². The minimum atomic E-state index is -1.06. The zero-order valence-corrected chi connectivity index (χ0v) is 14.2. The summed E-state index contributed by atoms with van der Waals surface area (Å²) in [5.74, 6) is 0.0592. The van der Waals surface area contributed by atoms with Gasteiger partial charge in [-0.3, -0.25) is 9.59 Å². The Morgan fingerprint density at radius 2 is 1.88 bits per heavy atom. The second-order valence-corrected chi connectivity index (χ2v) is 6.86. The summed E-state index contributed by atoms with van der Waals surface area (Å²) >= 11 is 6.09. The van der Waals surface area contributed by atoms with Crippen molar-refractivity contribution < 1.29 is 9.59 Å². The molecule has 2 amide bonds. The quantitative estimate of drug-likeness (QED) is 0.696. The number of carbonyl (C=O) groups is 2. The Hall–Kier alpha value is -3.12. The van der Waals surface area contributed by atoms with Crippen molar-refractivity contribution in [1.29, 1.82) is 0 Å². The molecule has 3 aromatic rings. The van der Waals surface area contributed by atoms with Crippen molar-refractivity contribution in [2.24, 2.45) is 0 Å². The predicted molar refractivity (Wildman–Crippen MR) is 97.7 cm³/mol. The van der Waals surface area contributed by atoms with Crippen molar-refractivity contribution in [2.45, 2.75) is 11.8 Å². The molecular weight excluding hydrogens is 352 g/mol. The van der Waals surface area contributed by atoms with Gasteiger partial charge in [-0.05, 0) is 29.8 Å². The van der Waals surface area contributed by atoms with Crippen LogP contribution in [0.25, 0.3) is 5.69 Å². The van der Waals surface area contributed by atoms with Crippen LogP contribution in [0.5, 0.6) is 0 Å². The second-order valence-electron chi connectivity index (χ2n) is 6.43. The maximum absolute atomic E-state index is 13.0. The number of fused-ring (bicyclic) bond motifs is 4. The number of halogens is 1. The molecular formula is C19H13ClN4O2. The largest absolute Gasteiger partial charge is 0.325 e. The lowest BCUT2D eigenvalue weighted by Gasteiger charge is -2.31. The number of hydrogen-bond donors (Lipinski definition) is 2. The van der Waals surface area contributed by atoms with Crippen LogP contribution in [0, 0.1) is 0 Å². The summed E-state index contributed by atoms with van der Waals surface area (Å²) in [6.07, 6.45) is 1.70. The summed E-state index contributed by atoms with van der Waals surface area (Å²) < 4.78 is 1.61. The fourth-order valence-corrected chi connectivity index (χ4v) is 4.04. The first-order valence-corrected chi connectivity index (χ1v) is 8.53. The highest BCUT2D eigenvalue weighted by atomic mass is 35.5. The van der Waals surface area contributed by atoms with Crippen LogP contribution in [-0.2, 0) is 15.0 Å². The number of rotatable bonds is 1. The van der Waals surface area contributed by atoms with Gasteiger partial charge in [0.2, 0.25) is 11.8 Å². The van der Waals surface area contributed by atoms with E-state index in [2.05, 4.69) is 15.7 Å². The molecule has 0 saturated heterocycles. The highest BCUT2D eigenvalue weighted by molar-refractivity contribution is 6.30. The molecule has 0 radical (unpaired) electrons. The molecule has 2 aliphatic rings. The first kappa shape index (κ1) is 15.2. The average molecular weight is 365 g/mol. The zero-order valence-electron chi connectivity index (χ0n) is 13.5. The third-order valence-corrected chi connectivity index (χ3v) is 5.22. The topological polar surface area (TPSA) is 76.0 Å². The molecule has 0 unspecified atom stereocenters. The fraction of sp³-hybridized carbons (Fsp3) is 0.105. The summed E-state index contributed by atoms with van der Waals surface area (Å²) in [4.78, 5) is 25.5. The van der Waals surface area contributed by atoms with Crippen molar-refractivity contribution >= 4 is 34.9 Å². The van der Waals surface area contributed by atoms with E-state index in [9.17, 15) is 9.59 Å². The first-order chi connectivity index (χ1) is 12.6. The number of hydrogen-bond acceptors (Lipinski definition) is 3. The molecule has 1 spiro atoms. The van der Waals surface area contributed by atoms with Gasteiger partial charge in [0, 0.05) is 22.7 Å². The van der Waals surface area contributed by atoms with Crippen LogP contribution >= 0.6 is 11.6 Å². The van der Waals surface area contributed by atoms with E-state index in [-0.39, 0.29) is 18.2 Å². The van der Waals surface area contributed by atoms with Crippen molar-refractivity contribution in [3.8, 4) is 5.69 Å². The molecule has 2 N–H and O–H groups in total. The predicted octanol–water partition coefficient (Wildman–Crippen LogP) is 3.11. The van der Waals surface area contributed by atoms with Crippen molar-refractivity contribution in [2.75, 3.05) is 10.6 Å². The first-order valence-electron chi connectivity index (χ1n) is 8.15. The Morgan fingerprint density at radius 1 is 1.04 bits per heavy atom. The van der Waals surface area contributed by atoms with Crippen molar-refractivity contribution in [1.82, 2.24) is 9.78 Å². The lowest BCUT2D eigenvalue weighted by atomic mass is 9.72. The van der Waals surface area contributed by atoms with Crippen LogP contribution in [0.2, 0.25) is 5.02 Å². The van der Waals surface area contributed by atoms with Gasteiger partial charge in [0.1, 0.15) is 11.2 Å². The number of para-hydroxylation sites is 1. The monoisotopic (exact) mass is 364 g/mol. The Labute approximate surface area is 153 Å². The number of aromatic nitrogens is 2. The molecule has 6 nitrogen and oxygen atoms in total. The van der Waals surface area contributed by atoms with E-state index in [4.69, 9.17) is 11.6 Å². The maximum Gasteiger partial charge on any atom is 0.240 e. The Kier molecular flexibility index (Phi) is 3.02. The molecule has 128 valence electrons. The van der Waals surface area contributed by atoms with E-state index in [1.807, 2.05) is 36.4 Å². The summed E-state index contributed by atoms with van der Waals surface area (Å²) in [5.41, 5.74) is 1.85. The molecule has 2 aliphatic heterocycles. The number of anilines is 2. The standard InChI is InChI=1S/C19H13ClN4O2/c20-11-4-3-5-12(8-11)24-17-14(10-21-24)19(9-16(25)23-17)13-6-1-2-7-15(13)22-18(19)26/h1-8,10H,9H2,(H,22,26)(H,23,25)/t19-/m1/s1. The highest BCUT2D eigenvalue weighted by Gasteiger charge is 2.54. The summed E-state index contributed by atoms with van der Waals surface area (Å²) in [5, 5.41) is 10.8. The van der Waals surface area contributed by atoms with Crippen LogP contribution in [-0.4, -0.2) is 21.6 Å². The number of benzene rings is 2. The lowest BCUT2D eigenvalue weighted by Crippen LogP contribution is -2.43. The maximum atomic E-state index is 13.0. The van der Waals surface area contributed by atoms with Gasteiger partial charge in [-0.2, -0.15) is 5.10 Å².